The van der Waals surface area contributed by atoms with Gasteiger partial charge in [0.2, 0.25) is 0 Å². The molecular weight excluding hydrogens is 252 g/mol. The SMILES string of the molecule is Cc1ccc(-c2cc(C(=O)O)c3cccnc3n2)cc1. The lowest BCUT2D eigenvalue weighted by Gasteiger charge is -2.06. The zero-order valence-electron chi connectivity index (χ0n) is 10.9. The van der Waals surface area contributed by atoms with Gasteiger partial charge in [-0.1, -0.05) is 29.8 Å². The number of hydrogen-bond acceptors (Lipinski definition) is 3. The lowest BCUT2D eigenvalue weighted by molar-refractivity contribution is 0.0699. The monoisotopic (exact) mass is 264 g/mol. The molecule has 1 aromatic carbocycles. The molecule has 98 valence electrons. The number of aryl methyl sites for hydroxylation is 1. The van der Waals surface area contributed by atoms with Crippen molar-refractivity contribution in [2.24, 2.45) is 0 Å². The van der Waals surface area contributed by atoms with Crippen molar-refractivity contribution < 1.29 is 9.90 Å². The van der Waals surface area contributed by atoms with E-state index in [0.717, 1.165) is 11.1 Å². The Bertz CT molecular complexity index is 795. The first kappa shape index (κ1) is 12.3. The number of pyridine rings is 2. The van der Waals surface area contributed by atoms with Crippen molar-refractivity contribution in [2.45, 2.75) is 6.92 Å². The Hall–Kier alpha value is -2.75. The minimum Gasteiger partial charge on any atom is -0.478 e. The zero-order chi connectivity index (χ0) is 14.1. The smallest absolute Gasteiger partial charge is 0.336 e. The molecule has 1 N–H and O–H groups in total. The van der Waals surface area contributed by atoms with Gasteiger partial charge in [-0.25, -0.2) is 14.8 Å². The second-order valence-corrected chi connectivity index (χ2v) is 4.60. The minimum absolute atomic E-state index is 0.221. The van der Waals surface area contributed by atoms with Crippen molar-refractivity contribution in [3.05, 3.63) is 59.8 Å². The van der Waals surface area contributed by atoms with E-state index < -0.39 is 5.97 Å². The maximum Gasteiger partial charge on any atom is 0.336 e. The molecule has 20 heavy (non-hydrogen) atoms. The highest BCUT2D eigenvalue weighted by Crippen LogP contribution is 2.24. The van der Waals surface area contributed by atoms with E-state index in [0.29, 0.717) is 16.7 Å². The summed E-state index contributed by atoms with van der Waals surface area (Å²) in [6.07, 6.45) is 1.61. The van der Waals surface area contributed by atoms with Gasteiger partial charge in [0.05, 0.1) is 11.3 Å². The first-order chi connectivity index (χ1) is 9.65. The van der Waals surface area contributed by atoms with Crippen molar-refractivity contribution in [3.63, 3.8) is 0 Å². The van der Waals surface area contributed by atoms with E-state index in [1.807, 2.05) is 31.2 Å². The fraction of sp³-hybridized carbons (Fsp3) is 0.0625. The molecule has 0 spiro atoms. The van der Waals surface area contributed by atoms with Crippen LogP contribution in [0.5, 0.6) is 0 Å². The average Bonchev–Trinajstić information content (AvgIpc) is 2.46. The quantitative estimate of drug-likeness (QED) is 0.771. The summed E-state index contributed by atoms with van der Waals surface area (Å²) in [5, 5.41) is 9.89. The van der Waals surface area contributed by atoms with E-state index in [1.54, 1.807) is 24.4 Å². The molecule has 0 unspecified atom stereocenters. The Morgan fingerprint density at radius 1 is 1.15 bits per heavy atom. The summed E-state index contributed by atoms with van der Waals surface area (Å²) in [5.41, 5.74) is 3.31. The van der Waals surface area contributed by atoms with Crippen LogP contribution in [0.25, 0.3) is 22.3 Å². The highest BCUT2D eigenvalue weighted by atomic mass is 16.4. The molecule has 2 aromatic heterocycles. The summed E-state index contributed by atoms with van der Waals surface area (Å²) in [4.78, 5) is 20.0. The summed E-state index contributed by atoms with van der Waals surface area (Å²) in [6.45, 7) is 2.00. The van der Waals surface area contributed by atoms with Gasteiger partial charge < -0.3 is 5.11 Å². The molecule has 0 saturated heterocycles. The van der Waals surface area contributed by atoms with E-state index >= 15 is 0 Å². The van der Waals surface area contributed by atoms with Crippen molar-refractivity contribution in [1.82, 2.24) is 9.97 Å². The molecule has 0 bridgehead atoms. The number of nitrogens with zero attached hydrogens (tertiary/aromatic N) is 2. The van der Waals surface area contributed by atoms with Crippen molar-refractivity contribution in [3.8, 4) is 11.3 Å². The van der Waals surface area contributed by atoms with Gasteiger partial charge in [-0.2, -0.15) is 0 Å². The molecule has 3 aromatic rings. The van der Waals surface area contributed by atoms with Crippen LogP contribution in [0.2, 0.25) is 0 Å². The van der Waals surface area contributed by atoms with Gasteiger partial charge in [-0.05, 0) is 25.1 Å². The molecule has 2 heterocycles. The zero-order valence-corrected chi connectivity index (χ0v) is 10.9. The fourth-order valence-corrected chi connectivity index (χ4v) is 2.11. The van der Waals surface area contributed by atoms with Crippen LogP contribution in [-0.2, 0) is 0 Å². The molecule has 0 aliphatic heterocycles. The predicted molar refractivity (Wildman–Crippen MR) is 76.7 cm³/mol. The maximum absolute atomic E-state index is 11.4. The molecule has 0 fully saturated rings. The predicted octanol–water partition coefficient (Wildman–Crippen LogP) is 3.30. The summed E-state index contributed by atoms with van der Waals surface area (Å²) in [5.74, 6) is -0.973. The number of carboxylic acid groups (broad SMARTS) is 1. The molecule has 4 nitrogen and oxygen atoms in total. The van der Waals surface area contributed by atoms with Crippen LogP contribution >= 0.6 is 0 Å². The molecule has 0 saturated carbocycles. The van der Waals surface area contributed by atoms with Crippen LogP contribution in [0.4, 0.5) is 0 Å². The van der Waals surface area contributed by atoms with Gasteiger partial charge in [0, 0.05) is 17.1 Å². The number of rotatable bonds is 2. The molecule has 3 rings (SSSR count). The maximum atomic E-state index is 11.4. The van der Waals surface area contributed by atoms with E-state index in [4.69, 9.17) is 0 Å². The topological polar surface area (TPSA) is 63.1 Å². The van der Waals surface area contributed by atoms with Gasteiger partial charge in [0.15, 0.2) is 5.65 Å². The summed E-state index contributed by atoms with van der Waals surface area (Å²) in [6, 6.07) is 12.8. The third-order valence-electron chi connectivity index (χ3n) is 3.16. The first-order valence-electron chi connectivity index (χ1n) is 6.21. The van der Waals surface area contributed by atoms with Crippen LogP contribution in [0.15, 0.2) is 48.7 Å². The highest BCUT2D eigenvalue weighted by molar-refractivity contribution is 6.02. The first-order valence-corrected chi connectivity index (χ1v) is 6.21. The minimum atomic E-state index is -0.973. The van der Waals surface area contributed by atoms with Gasteiger partial charge in [-0.3, -0.25) is 0 Å². The lowest BCUT2D eigenvalue weighted by Crippen LogP contribution is -2.01. The Morgan fingerprint density at radius 3 is 2.60 bits per heavy atom. The van der Waals surface area contributed by atoms with Crippen molar-refractivity contribution >= 4 is 17.0 Å². The summed E-state index contributed by atoms with van der Waals surface area (Å²) in [7, 11) is 0. The molecule has 0 aliphatic rings. The van der Waals surface area contributed by atoms with Crippen molar-refractivity contribution in [1.29, 1.82) is 0 Å². The third-order valence-corrected chi connectivity index (χ3v) is 3.16. The summed E-state index contributed by atoms with van der Waals surface area (Å²) < 4.78 is 0. The van der Waals surface area contributed by atoms with Gasteiger partial charge >= 0.3 is 5.97 Å². The molecular formula is C16H12N2O2. The van der Waals surface area contributed by atoms with Crippen LogP contribution in [-0.4, -0.2) is 21.0 Å². The second-order valence-electron chi connectivity index (χ2n) is 4.60. The number of fused-ring (bicyclic) bond motifs is 1. The van der Waals surface area contributed by atoms with Gasteiger partial charge in [0.25, 0.3) is 0 Å². The average molecular weight is 264 g/mol. The number of aromatic nitrogens is 2. The third kappa shape index (κ3) is 2.12. The van der Waals surface area contributed by atoms with Crippen LogP contribution < -0.4 is 0 Å². The lowest BCUT2D eigenvalue weighted by atomic mass is 10.0. The largest absolute Gasteiger partial charge is 0.478 e. The van der Waals surface area contributed by atoms with Crippen molar-refractivity contribution in [2.75, 3.05) is 0 Å². The normalized spacial score (nSPS) is 10.7. The number of hydrogen-bond donors (Lipinski definition) is 1. The van der Waals surface area contributed by atoms with Crippen LogP contribution in [0.1, 0.15) is 15.9 Å². The Labute approximate surface area is 115 Å². The molecule has 0 radical (unpaired) electrons. The molecule has 0 amide bonds. The van der Waals surface area contributed by atoms with E-state index in [1.165, 1.54) is 0 Å². The van der Waals surface area contributed by atoms with Crippen LogP contribution in [0.3, 0.4) is 0 Å². The number of carboxylic acids is 1. The van der Waals surface area contributed by atoms with E-state index in [9.17, 15) is 9.90 Å². The molecule has 0 atom stereocenters. The molecule has 0 aliphatic carbocycles. The number of carbonyl (C=O) groups is 1. The highest BCUT2D eigenvalue weighted by Gasteiger charge is 2.13. The Morgan fingerprint density at radius 2 is 1.90 bits per heavy atom. The number of benzene rings is 1. The van der Waals surface area contributed by atoms with E-state index in [2.05, 4.69) is 9.97 Å². The van der Waals surface area contributed by atoms with Gasteiger partial charge in [0.1, 0.15) is 0 Å². The Balaban J connectivity index is 2.27. The summed E-state index contributed by atoms with van der Waals surface area (Å²) >= 11 is 0. The van der Waals surface area contributed by atoms with E-state index in [-0.39, 0.29) is 5.56 Å². The Kier molecular flexibility index (Phi) is 2.91. The van der Waals surface area contributed by atoms with Gasteiger partial charge in [-0.15, -0.1) is 0 Å². The standard InChI is InChI=1S/C16H12N2O2/c1-10-4-6-11(7-5-10)14-9-13(16(19)20)12-3-2-8-17-15(12)18-14/h2-9H,1H3,(H,19,20). The van der Waals surface area contributed by atoms with Crippen LogP contribution in [0, 0.1) is 6.92 Å². The fourth-order valence-electron chi connectivity index (χ4n) is 2.11. The molecule has 4 heteroatoms. The number of aromatic carboxylic acids is 1. The second kappa shape index (κ2) is 4.74.